The molecule has 0 unspecified atom stereocenters. The van der Waals surface area contributed by atoms with Gasteiger partial charge in [-0.25, -0.2) is 9.38 Å². The topological polar surface area (TPSA) is 56.7 Å². The second-order valence-corrected chi connectivity index (χ2v) is 6.77. The van der Waals surface area contributed by atoms with Crippen molar-refractivity contribution in [2.24, 2.45) is 4.99 Å². The van der Waals surface area contributed by atoms with Gasteiger partial charge in [0, 0.05) is 20.6 Å². The number of nitrogens with zero attached hydrogens (tertiary/aromatic N) is 2. The van der Waals surface area contributed by atoms with E-state index >= 15 is 0 Å². The molecule has 5 nitrogen and oxygen atoms in total. The number of hydrogen-bond acceptors (Lipinski definition) is 2. The molecule has 170 valence electrons. The molecule has 10 heteroatoms. The minimum absolute atomic E-state index is 0. The van der Waals surface area contributed by atoms with Crippen LogP contribution >= 0.6 is 24.0 Å². The second kappa shape index (κ2) is 12.5. The van der Waals surface area contributed by atoms with Gasteiger partial charge in [0.1, 0.15) is 5.82 Å². The van der Waals surface area contributed by atoms with Crippen LogP contribution in [-0.4, -0.2) is 44.0 Å². The number of likely N-dealkylation sites (N-methyl/N-ethyl adjacent to an activating group) is 1. The fourth-order valence-electron chi connectivity index (χ4n) is 2.58. The Kier molecular flexibility index (Phi) is 10.7. The molecular weight excluding hydrogens is 527 g/mol. The molecule has 2 aromatic carbocycles. The monoisotopic (exact) mass is 552 g/mol. The highest BCUT2D eigenvalue weighted by Crippen LogP contribution is 2.32. The zero-order valence-electron chi connectivity index (χ0n) is 17.2. The molecule has 31 heavy (non-hydrogen) atoms. The van der Waals surface area contributed by atoms with Crippen LogP contribution < -0.4 is 10.6 Å². The summed E-state index contributed by atoms with van der Waals surface area (Å²) in [5.41, 5.74) is -0.155. The van der Waals surface area contributed by atoms with Crippen molar-refractivity contribution in [1.29, 1.82) is 0 Å². The SMILES string of the molecule is CN(C)C(=O)CNC(=NCc1ccc(F)cc1C(F)(F)F)NCCc1ccccc1.I. The molecule has 0 aliphatic heterocycles. The van der Waals surface area contributed by atoms with Crippen LogP contribution in [0.5, 0.6) is 0 Å². The molecule has 0 atom stereocenters. The highest BCUT2D eigenvalue weighted by Gasteiger charge is 2.33. The molecule has 0 aliphatic carbocycles. The van der Waals surface area contributed by atoms with Crippen molar-refractivity contribution < 1.29 is 22.4 Å². The van der Waals surface area contributed by atoms with E-state index in [1.54, 1.807) is 14.1 Å². The minimum atomic E-state index is -4.69. The van der Waals surface area contributed by atoms with Gasteiger partial charge in [-0.05, 0) is 29.7 Å². The average Bonchev–Trinajstić information content (AvgIpc) is 2.70. The van der Waals surface area contributed by atoms with Gasteiger partial charge in [-0.15, -0.1) is 24.0 Å². The first-order chi connectivity index (χ1) is 14.2. The van der Waals surface area contributed by atoms with Gasteiger partial charge in [0.15, 0.2) is 5.96 Å². The Hall–Kier alpha value is -2.37. The second-order valence-electron chi connectivity index (χ2n) is 6.77. The van der Waals surface area contributed by atoms with Gasteiger partial charge in [-0.2, -0.15) is 13.2 Å². The molecule has 0 aliphatic rings. The minimum Gasteiger partial charge on any atom is -0.356 e. The lowest BCUT2D eigenvalue weighted by atomic mass is 10.1. The molecule has 0 fully saturated rings. The van der Waals surface area contributed by atoms with Crippen LogP contribution in [0.1, 0.15) is 16.7 Å². The summed E-state index contributed by atoms with van der Waals surface area (Å²) in [6.45, 7) is 0.0627. The average molecular weight is 552 g/mol. The molecule has 0 spiro atoms. The number of alkyl halides is 3. The molecule has 2 rings (SSSR count). The molecule has 0 bridgehead atoms. The summed E-state index contributed by atoms with van der Waals surface area (Å²) in [6, 6.07) is 12.1. The third kappa shape index (κ3) is 9.11. The largest absolute Gasteiger partial charge is 0.416 e. The summed E-state index contributed by atoms with van der Waals surface area (Å²) < 4.78 is 52.9. The fraction of sp³-hybridized carbons (Fsp3) is 0.333. The number of rotatable bonds is 7. The fourth-order valence-corrected chi connectivity index (χ4v) is 2.58. The van der Waals surface area contributed by atoms with Crippen LogP contribution in [0.2, 0.25) is 0 Å². The molecule has 0 heterocycles. The lowest BCUT2D eigenvalue weighted by molar-refractivity contribution is -0.138. The molecule has 2 aromatic rings. The number of carbonyl (C=O) groups excluding carboxylic acids is 1. The predicted molar refractivity (Wildman–Crippen MR) is 123 cm³/mol. The van der Waals surface area contributed by atoms with Crippen molar-refractivity contribution in [2.75, 3.05) is 27.2 Å². The summed E-state index contributed by atoms with van der Waals surface area (Å²) in [4.78, 5) is 17.4. The van der Waals surface area contributed by atoms with E-state index in [4.69, 9.17) is 0 Å². The van der Waals surface area contributed by atoms with Gasteiger partial charge in [0.25, 0.3) is 0 Å². The molecule has 0 saturated carbocycles. The first-order valence-corrected chi connectivity index (χ1v) is 9.28. The zero-order valence-corrected chi connectivity index (χ0v) is 19.5. The van der Waals surface area contributed by atoms with Crippen molar-refractivity contribution in [3.05, 3.63) is 71.0 Å². The Morgan fingerprint density at radius 1 is 1.06 bits per heavy atom. The number of halogens is 5. The maximum atomic E-state index is 13.3. The summed E-state index contributed by atoms with van der Waals surface area (Å²) in [5, 5.41) is 5.83. The van der Waals surface area contributed by atoms with Crippen molar-refractivity contribution >= 4 is 35.8 Å². The standard InChI is InChI=1S/C21H24F4N4O.HI/c1-29(2)19(30)14-28-20(26-11-10-15-6-4-3-5-7-15)27-13-16-8-9-17(22)12-18(16)21(23,24)25;/h3-9,12H,10-11,13-14H2,1-2H3,(H2,26,27,28);1H. The van der Waals surface area contributed by atoms with Gasteiger partial charge < -0.3 is 15.5 Å². The lowest BCUT2D eigenvalue weighted by Crippen LogP contribution is -2.43. The van der Waals surface area contributed by atoms with Gasteiger partial charge >= 0.3 is 6.18 Å². The molecule has 2 N–H and O–H groups in total. The van der Waals surface area contributed by atoms with Gasteiger partial charge in [0.2, 0.25) is 5.91 Å². The predicted octanol–water partition coefficient (Wildman–Crippen LogP) is 3.83. The van der Waals surface area contributed by atoms with E-state index in [0.717, 1.165) is 17.7 Å². The molecule has 0 saturated heterocycles. The smallest absolute Gasteiger partial charge is 0.356 e. The normalized spacial score (nSPS) is 11.5. The van der Waals surface area contributed by atoms with Gasteiger partial charge in [-0.1, -0.05) is 36.4 Å². The first-order valence-electron chi connectivity index (χ1n) is 9.28. The van der Waals surface area contributed by atoms with E-state index in [1.807, 2.05) is 30.3 Å². The van der Waals surface area contributed by atoms with E-state index in [2.05, 4.69) is 15.6 Å². The number of benzene rings is 2. The van der Waals surface area contributed by atoms with Gasteiger partial charge in [0.05, 0.1) is 18.7 Å². The number of aliphatic imine (C=N–C) groups is 1. The van der Waals surface area contributed by atoms with E-state index in [-0.39, 0.29) is 54.5 Å². The lowest BCUT2D eigenvalue weighted by Gasteiger charge is -2.16. The summed E-state index contributed by atoms with van der Waals surface area (Å²) in [7, 11) is 3.19. The third-order valence-electron chi connectivity index (χ3n) is 4.24. The molecular formula is C21H25F4IN4O. The van der Waals surface area contributed by atoms with Crippen molar-refractivity contribution in [3.63, 3.8) is 0 Å². The number of amides is 1. The molecule has 1 amide bonds. The van der Waals surface area contributed by atoms with Crippen LogP contribution in [-0.2, 0) is 23.9 Å². The molecule has 0 aromatic heterocycles. The van der Waals surface area contributed by atoms with E-state index in [1.165, 1.54) is 4.90 Å². The maximum absolute atomic E-state index is 13.3. The number of nitrogens with one attached hydrogen (secondary N) is 2. The highest BCUT2D eigenvalue weighted by molar-refractivity contribution is 14.0. The summed E-state index contributed by atoms with van der Waals surface area (Å²) in [5.74, 6) is -0.991. The van der Waals surface area contributed by atoms with Gasteiger partial charge in [-0.3, -0.25) is 4.79 Å². The van der Waals surface area contributed by atoms with Crippen LogP contribution in [0.4, 0.5) is 17.6 Å². The van der Waals surface area contributed by atoms with E-state index in [9.17, 15) is 22.4 Å². The number of carbonyl (C=O) groups is 1. The number of hydrogen-bond donors (Lipinski definition) is 2. The Labute approximate surface area is 195 Å². The quantitative estimate of drug-likeness (QED) is 0.238. The third-order valence-corrected chi connectivity index (χ3v) is 4.24. The van der Waals surface area contributed by atoms with Crippen LogP contribution in [0, 0.1) is 5.82 Å². The Morgan fingerprint density at radius 3 is 2.35 bits per heavy atom. The van der Waals surface area contributed by atoms with Crippen molar-refractivity contribution in [3.8, 4) is 0 Å². The maximum Gasteiger partial charge on any atom is 0.416 e. The van der Waals surface area contributed by atoms with Crippen molar-refractivity contribution in [2.45, 2.75) is 19.1 Å². The summed E-state index contributed by atoms with van der Waals surface area (Å²) >= 11 is 0. The summed E-state index contributed by atoms with van der Waals surface area (Å²) in [6.07, 6.45) is -4.03. The number of guanidine groups is 1. The molecule has 0 radical (unpaired) electrons. The van der Waals surface area contributed by atoms with E-state index in [0.29, 0.717) is 19.0 Å². The van der Waals surface area contributed by atoms with Crippen LogP contribution in [0.15, 0.2) is 53.5 Å². The van der Waals surface area contributed by atoms with Crippen LogP contribution in [0.25, 0.3) is 0 Å². The zero-order chi connectivity index (χ0) is 22.1. The Bertz CT molecular complexity index is 873. The van der Waals surface area contributed by atoms with Crippen LogP contribution in [0.3, 0.4) is 0 Å². The Morgan fingerprint density at radius 2 is 1.74 bits per heavy atom. The van der Waals surface area contributed by atoms with E-state index < -0.39 is 17.6 Å². The Balaban J connectivity index is 0.00000480. The highest BCUT2D eigenvalue weighted by atomic mass is 127. The van der Waals surface area contributed by atoms with Crippen molar-refractivity contribution in [1.82, 2.24) is 15.5 Å². The first kappa shape index (κ1) is 26.7.